The lowest BCUT2D eigenvalue weighted by molar-refractivity contribution is 0.306. The van der Waals surface area contributed by atoms with Gasteiger partial charge in [-0.25, -0.2) is 0 Å². The monoisotopic (exact) mass is 358 g/mol. The summed E-state index contributed by atoms with van der Waals surface area (Å²) < 4.78 is 33.1. The molecule has 1 aromatic heterocycles. The number of sulfonamides is 1. The van der Waals surface area contributed by atoms with Gasteiger partial charge in [-0.2, -0.15) is 18.3 Å². The van der Waals surface area contributed by atoms with Crippen LogP contribution in [0.4, 0.5) is 5.69 Å². The van der Waals surface area contributed by atoms with Crippen LogP contribution < -0.4 is 9.46 Å². The number of benzene rings is 2. The van der Waals surface area contributed by atoms with Crippen molar-refractivity contribution < 1.29 is 13.2 Å². The Morgan fingerprint density at radius 2 is 1.92 bits per heavy atom. The Balaban J connectivity index is 1.77. The molecule has 0 aliphatic rings. The second-order valence-corrected chi connectivity index (χ2v) is 7.16. The summed E-state index contributed by atoms with van der Waals surface area (Å²) in [4.78, 5) is 1.20. The summed E-state index contributed by atoms with van der Waals surface area (Å²) >= 11 is 0. The molecule has 3 rings (SSSR count). The highest BCUT2D eigenvalue weighted by molar-refractivity contribution is 7.92. The molecule has 8 heteroatoms. The van der Waals surface area contributed by atoms with E-state index in [1.807, 2.05) is 37.3 Å². The average Bonchev–Trinajstić information content (AvgIpc) is 3.04. The van der Waals surface area contributed by atoms with Gasteiger partial charge in [0.2, 0.25) is 5.03 Å². The Morgan fingerprint density at radius 3 is 2.60 bits per heavy atom. The van der Waals surface area contributed by atoms with E-state index in [0.717, 1.165) is 11.1 Å². The minimum atomic E-state index is -3.80. The Hall–Kier alpha value is -2.87. The van der Waals surface area contributed by atoms with Gasteiger partial charge in [0.1, 0.15) is 12.4 Å². The lowest BCUT2D eigenvalue weighted by atomic mass is 10.2. The fraction of sp³-hybridized carbons (Fsp3) is 0.176. The van der Waals surface area contributed by atoms with E-state index < -0.39 is 10.0 Å². The fourth-order valence-electron chi connectivity index (χ4n) is 2.19. The van der Waals surface area contributed by atoms with Crippen LogP contribution >= 0.6 is 0 Å². The van der Waals surface area contributed by atoms with Gasteiger partial charge in [-0.05, 0) is 24.1 Å². The Morgan fingerprint density at radius 1 is 1.16 bits per heavy atom. The number of anilines is 1. The van der Waals surface area contributed by atoms with Crippen molar-refractivity contribution in [3.8, 4) is 5.75 Å². The van der Waals surface area contributed by atoms with Crippen molar-refractivity contribution in [1.82, 2.24) is 15.0 Å². The Kier molecular flexibility index (Phi) is 4.71. The molecule has 0 saturated carbocycles. The van der Waals surface area contributed by atoms with E-state index in [4.69, 9.17) is 4.74 Å². The van der Waals surface area contributed by atoms with Gasteiger partial charge in [-0.15, -0.1) is 5.10 Å². The molecule has 1 heterocycles. The Bertz CT molecular complexity index is 969. The standard InChI is InChI=1S/C17H18N4O3S/c1-13-8-9-15(24-12-14-6-4-3-5-7-14)10-16(13)20-25(22,23)17-11-18-21(2)19-17/h3-11,20H,12H2,1-2H3. The van der Waals surface area contributed by atoms with Gasteiger partial charge >= 0.3 is 0 Å². The van der Waals surface area contributed by atoms with Gasteiger partial charge in [-0.3, -0.25) is 4.72 Å². The number of rotatable bonds is 6. The number of hydrogen-bond donors (Lipinski definition) is 1. The predicted octanol–water partition coefficient (Wildman–Crippen LogP) is 2.50. The number of hydrogen-bond acceptors (Lipinski definition) is 5. The third-order valence-electron chi connectivity index (χ3n) is 3.56. The number of nitrogens with one attached hydrogen (secondary N) is 1. The quantitative estimate of drug-likeness (QED) is 0.732. The second-order valence-electron chi connectivity index (χ2n) is 5.53. The van der Waals surface area contributed by atoms with E-state index in [0.29, 0.717) is 18.0 Å². The van der Waals surface area contributed by atoms with E-state index in [1.54, 1.807) is 25.2 Å². The van der Waals surface area contributed by atoms with Crippen molar-refractivity contribution in [3.05, 3.63) is 65.9 Å². The summed E-state index contributed by atoms with van der Waals surface area (Å²) in [7, 11) is -2.24. The zero-order valence-electron chi connectivity index (χ0n) is 13.9. The molecule has 2 aromatic carbocycles. The van der Waals surface area contributed by atoms with Crippen LogP contribution in [0.2, 0.25) is 0 Å². The minimum Gasteiger partial charge on any atom is -0.489 e. The molecule has 0 atom stereocenters. The van der Waals surface area contributed by atoms with Gasteiger partial charge in [0.25, 0.3) is 10.0 Å². The molecular weight excluding hydrogens is 340 g/mol. The van der Waals surface area contributed by atoms with Crippen molar-refractivity contribution in [1.29, 1.82) is 0 Å². The normalized spacial score (nSPS) is 11.3. The molecule has 25 heavy (non-hydrogen) atoms. The molecule has 0 fully saturated rings. The van der Waals surface area contributed by atoms with Crippen LogP contribution in [0.25, 0.3) is 0 Å². The lowest BCUT2D eigenvalue weighted by Crippen LogP contribution is -2.15. The smallest absolute Gasteiger partial charge is 0.282 e. The Labute approximate surface area is 146 Å². The number of ether oxygens (including phenoxy) is 1. The first kappa shape index (κ1) is 17.0. The number of aryl methyl sites for hydroxylation is 2. The maximum absolute atomic E-state index is 12.4. The van der Waals surface area contributed by atoms with Crippen LogP contribution in [-0.4, -0.2) is 23.4 Å². The molecule has 0 unspecified atom stereocenters. The van der Waals surface area contributed by atoms with E-state index in [1.165, 1.54) is 11.0 Å². The van der Waals surface area contributed by atoms with Crippen LogP contribution in [-0.2, 0) is 23.7 Å². The van der Waals surface area contributed by atoms with E-state index in [9.17, 15) is 8.42 Å². The van der Waals surface area contributed by atoms with Crippen molar-refractivity contribution in [3.63, 3.8) is 0 Å². The van der Waals surface area contributed by atoms with Gasteiger partial charge < -0.3 is 4.74 Å². The molecule has 130 valence electrons. The highest BCUT2D eigenvalue weighted by Crippen LogP contribution is 2.25. The average molecular weight is 358 g/mol. The maximum atomic E-state index is 12.4. The SMILES string of the molecule is Cc1ccc(OCc2ccccc2)cc1NS(=O)(=O)c1cnn(C)n1. The summed E-state index contributed by atoms with van der Waals surface area (Å²) in [6.07, 6.45) is 1.20. The molecular formula is C17H18N4O3S. The molecule has 0 aliphatic heterocycles. The maximum Gasteiger partial charge on any atom is 0.282 e. The van der Waals surface area contributed by atoms with Gasteiger partial charge in [0, 0.05) is 13.1 Å². The molecule has 0 spiro atoms. The minimum absolute atomic E-state index is 0.134. The van der Waals surface area contributed by atoms with E-state index >= 15 is 0 Å². The van der Waals surface area contributed by atoms with E-state index in [-0.39, 0.29) is 5.03 Å². The predicted molar refractivity (Wildman–Crippen MR) is 93.8 cm³/mol. The molecule has 3 aromatic rings. The lowest BCUT2D eigenvalue weighted by Gasteiger charge is -2.12. The summed E-state index contributed by atoms with van der Waals surface area (Å²) in [5.41, 5.74) is 2.25. The molecule has 0 amide bonds. The third kappa shape index (κ3) is 4.16. The van der Waals surface area contributed by atoms with E-state index in [2.05, 4.69) is 14.9 Å². The third-order valence-corrected chi connectivity index (χ3v) is 4.78. The molecule has 1 N–H and O–H groups in total. The largest absolute Gasteiger partial charge is 0.489 e. The summed E-state index contributed by atoms with van der Waals surface area (Å²) in [6.45, 7) is 2.22. The molecule has 0 aliphatic carbocycles. The van der Waals surface area contributed by atoms with Crippen LogP contribution in [0.5, 0.6) is 5.75 Å². The zero-order valence-corrected chi connectivity index (χ0v) is 14.7. The first-order valence-electron chi connectivity index (χ1n) is 7.60. The molecule has 0 bridgehead atoms. The highest BCUT2D eigenvalue weighted by Gasteiger charge is 2.19. The molecule has 0 radical (unpaired) electrons. The first-order valence-corrected chi connectivity index (χ1v) is 9.09. The fourth-order valence-corrected chi connectivity index (χ4v) is 3.21. The second kappa shape index (κ2) is 6.94. The van der Waals surface area contributed by atoms with Gasteiger partial charge in [-0.1, -0.05) is 36.4 Å². The van der Waals surface area contributed by atoms with Crippen LogP contribution in [0.3, 0.4) is 0 Å². The topological polar surface area (TPSA) is 86.1 Å². The van der Waals surface area contributed by atoms with Gasteiger partial charge in [0.05, 0.1) is 11.9 Å². The number of nitrogens with zero attached hydrogens (tertiary/aromatic N) is 3. The summed E-state index contributed by atoms with van der Waals surface area (Å²) in [5, 5.41) is 7.49. The van der Waals surface area contributed by atoms with Crippen molar-refractivity contribution in [2.24, 2.45) is 7.05 Å². The molecule has 7 nitrogen and oxygen atoms in total. The van der Waals surface area contributed by atoms with Crippen molar-refractivity contribution >= 4 is 15.7 Å². The number of aromatic nitrogens is 3. The van der Waals surface area contributed by atoms with Crippen molar-refractivity contribution in [2.75, 3.05) is 4.72 Å². The van der Waals surface area contributed by atoms with Crippen LogP contribution in [0.15, 0.2) is 59.8 Å². The summed E-state index contributed by atoms with van der Waals surface area (Å²) in [6, 6.07) is 15.0. The first-order chi connectivity index (χ1) is 11.9. The summed E-state index contributed by atoms with van der Waals surface area (Å²) in [5.74, 6) is 0.575. The zero-order chi connectivity index (χ0) is 17.9. The van der Waals surface area contributed by atoms with Gasteiger partial charge in [0.15, 0.2) is 0 Å². The highest BCUT2D eigenvalue weighted by atomic mass is 32.2. The molecule has 0 saturated heterocycles. The van der Waals surface area contributed by atoms with Crippen molar-refractivity contribution in [2.45, 2.75) is 18.6 Å². The van der Waals surface area contributed by atoms with Crippen LogP contribution in [0.1, 0.15) is 11.1 Å². The van der Waals surface area contributed by atoms with Crippen LogP contribution in [0, 0.1) is 6.92 Å².